The van der Waals surface area contributed by atoms with Gasteiger partial charge < -0.3 is 14.0 Å². The lowest BCUT2D eigenvalue weighted by Gasteiger charge is -2.15. The van der Waals surface area contributed by atoms with Crippen molar-refractivity contribution in [3.8, 4) is 0 Å². The number of esters is 1. The van der Waals surface area contributed by atoms with Gasteiger partial charge in [-0.25, -0.2) is 9.78 Å². The number of ether oxygens (including phenoxy) is 1. The van der Waals surface area contributed by atoms with Gasteiger partial charge in [0.1, 0.15) is 12.3 Å². The minimum Gasteiger partial charge on any atom is -0.455 e. The van der Waals surface area contributed by atoms with Crippen molar-refractivity contribution in [2.24, 2.45) is 0 Å². The fraction of sp³-hybridized carbons (Fsp3) is 0.286. The number of amides is 1. The van der Waals surface area contributed by atoms with Gasteiger partial charge in [-0.15, -0.1) is 11.8 Å². The summed E-state index contributed by atoms with van der Waals surface area (Å²) in [6.07, 6.45) is 5.66. The van der Waals surface area contributed by atoms with Crippen LogP contribution in [0.2, 0.25) is 5.02 Å². The van der Waals surface area contributed by atoms with E-state index in [9.17, 15) is 9.59 Å². The molecule has 0 atom stereocenters. The first kappa shape index (κ1) is 19.8. The van der Waals surface area contributed by atoms with Gasteiger partial charge in [-0.3, -0.25) is 4.79 Å². The second-order valence-corrected chi connectivity index (χ2v) is 8.25. The smallest absolute Gasteiger partial charge is 0.339 e. The topological polar surface area (TPSA) is 63.9 Å². The van der Waals surface area contributed by atoms with Crippen molar-refractivity contribution in [3.63, 3.8) is 0 Å². The summed E-state index contributed by atoms with van der Waals surface area (Å²) in [5, 5.41) is 0.605. The molecular weight excluding hydrogens is 410 g/mol. The van der Waals surface area contributed by atoms with Crippen molar-refractivity contribution in [2.75, 3.05) is 18.8 Å². The molecular formula is C21H20ClN3O3S. The number of rotatable bonds is 6. The molecule has 1 saturated heterocycles. The highest BCUT2D eigenvalue weighted by atomic mass is 35.5. The van der Waals surface area contributed by atoms with Crippen LogP contribution in [0.1, 0.15) is 28.9 Å². The van der Waals surface area contributed by atoms with E-state index in [1.165, 1.54) is 11.8 Å². The maximum absolute atomic E-state index is 12.6. The molecule has 0 spiro atoms. The SMILES string of the molecule is O=C(OCc1cn2cc(Cl)ccc2n1)c1ccccc1SCC(=O)N1CCCC1. The Bertz CT molecular complexity index is 1050. The van der Waals surface area contributed by atoms with Crippen LogP contribution in [0.4, 0.5) is 0 Å². The first-order valence-electron chi connectivity index (χ1n) is 9.40. The molecule has 1 aromatic carbocycles. The predicted octanol–water partition coefficient (Wildman–Crippen LogP) is 4.06. The van der Waals surface area contributed by atoms with Crippen LogP contribution in [0.3, 0.4) is 0 Å². The van der Waals surface area contributed by atoms with Crippen LogP contribution in [0.15, 0.2) is 53.7 Å². The van der Waals surface area contributed by atoms with E-state index < -0.39 is 5.97 Å². The first-order valence-corrected chi connectivity index (χ1v) is 10.8. The Kier molecular flexibility index (Phi) is 6.06. The van der Waals surface area contributed by atoms with Crippen LogP contribution in [0.5, 0.6) is 0 Å². The summed E-state index contributed by atoms with van der Waals surface area (Å²) >= 11 is 7.35. The van der Waals surface area contributed by atoms with Gasteiger partial charge in [0.2, 0.25) is 5.91 Å². The number of nitrogens with zero attached hydrogens (tertiary/aromatic N) is 3. The number of carbonyl (C=O) groups excluding carboxylic acids is 2. The lowest BCUT2D eigenvalue weighted by Crippen LogP contribution is -2.29. The van der Waals surface area contributed by atoms with Crippen molar-refractivity contribution in [3.05, 3.63) is 65.1 Å². The highest BCUT2D eigenvalue weighted by Crippen LogP contribution is 2.25. The number of halogens is 1. The molecule has 0 N–H and O–H groups in total. The average Bonchev–Trinajstić information content (AvgIpc) is 3.40. The summed E-state index contributed by atoms with van der Waals surface area (Å²) in [5.41, 5.74) is 1.82. The number of aromatic nitrogens is 2. The Balaban J connectivity index is 1.39. The Labute approximate surface area is 177 Å². The number of pyridine rings is 1. The van der Waals surface area contributed by atoms with E-state index in [-0.39, 0.29) is 12.5 Å². The standard InChI is InChI=1S/C21H20ClN3O3S/c22-15-7-8-19-23-16(12-25(19)11-15)13-28-21(27)17-5-1-2-6-18(17)29-14-20(26)24-9-3-4-10-24/h1-2,5-8,11-12H,3-4,9-10,13-14H2. The van der Waals surface area contributed by atoms with E-state index in [0.717, 1.165) is 36.5 Å². The molecule has 0 saturated carbocycles. The van der Waals surface area contributed by atoms with Gasteiger partial charge in [-0.05, 0) is 37.1 Å². The molecule has 4 rings (SSSR count). The zero-order chi connectivity index (χ0) is 20.2. The number of benzene rings is 1. The maximum Gasteiger partial charge on any atom is 0.339 e. The lowest BCUT2D eigenvalue weighted by atomic mass is 10.2. The molecule has 1 aliphatic rings. The second-order valence-electron chi connectivity index (χ2n) is 6.79. The number of carbonyl (C=O) groups is 2. The van der Waals surface area contributed by atoms with Crippen LogP contribution in [0, 0.1) is 0 Å². The zero-order valence-corrected chi connectivity index (χ0v) is 17.3. The molecule has 2 aromatic heterocycles. The van der Waals surface area contributed by atoms with Gasteiger partial charge in [0, 0.05) is 30.4 Å². The van der Waals surface area contributed by atoms with Crippen molar-refractivity contribution >= 4 is 40.9 Å². The molecule has 29 heavy (non-hydrogen) atoms. The van der Waals surface area contributed by atoms with Crippen molar-refractivity contribution < 1.29 is 14.3 Å². The van der Waals surface area contributed by atoms with Crippen molar-refractivity contribution in [2.45, 2.75) is 24.3 Å². The molecule has 150 valence electrons. The molecule has 0 bridgehead atoms. The molecule has 0 unspecified atom stereocenters. The van der Waals surface area contributed by atoms with Crippen LogP contribution in [-0.2, 0) is 16.1 Å². The van der Waals surface area contributed by atoms with Gasteiger partial charge in [-0.2, -0.15) is 0 Å². The van der Waals surface area contributed by atoms with Gasteiger partial charge in [0.15, 0.2) is 0 Å². The van der Waals surface area contributed by atoms with Crippen LogP contribution in [-0.4, -0.2) is 45.0 Å². The Morgan fingerprint density at radius 3 is 2.72 bits per heavy atom. The number of hydrogen-bond acceptors (Lipinski definition) is 5. The number of likely N-dealkylation sites (tertiary alicyclic amines) is 1. The summed E-state index contributed by atoms with van der Waals surface area (Å²) in [4.78, 5) is 31.9. The van der Waals surface area contributed by atoms with E-state index in [2.05, 4.69) is 4.98 Å². The molecule has 3 heterocycles. The van der Waals surface area contributed by atoms with Gasteiger partial charge in [-0.1, -0.05) is 23.7 Å². The highest BCUT2D eigenvalue weighted by molar-refractivity contribution is 8.00. The maximum atomic E-state index is 12.6. The largest absolute Gasteiger partial charge is 0.455 e. The van der Waals surface area contributed by atoms with Crippen LogP contribution >= 0.6 is 23.4 Å². The number of imidazole rings is 1. The third-order valence-corrected chi connectivity index (χ3v) is 6.01. The molecule has 1 aliphatic heterocycles. The van der Waals surface area contributed by atoms with E-state index in [4.69, 9.17) is 16.3 Å². The lowest BCUT2D eigenvalue weighted by molar-refractivity contribution is -0.127. The van der Waals surface area contributed by atoms with Crippen LogP contribution < -0.4 is 0 Å². The minimum absolute atomic E-state index is 0.0594. The molecule has 3 aromatic rings. The zero-order valence-electron chi connectivity index (χ0n) is 15.7. The highest BCUT2D eigenvalue weighted by Gasteiger charge is 2.20. The number of fused-ring (bicyclic) bond motifs is 1. The van der Waals surface area contributed by atoms with E-state index >= 15 is 0 Å². The molecule has 1 fully saturated rings. The Hall–Kier alpha value is -2.51. The van der Waals surface area contributed by atoms with Gasteiger partial charge in [0.05, 0.1) is 22.0 Å². The Morgan fingerprint density at radius 2 is 1.90 bits per heavy atom. The fourth-order valence-electron chi connectivity index (χ4n) is 3.26. The third-order valence-electron chi connectivity index (χ3n) is 4.73. The molecule has 0 aliphatic carbocycles. The summed E-state index contributed by atoms with van der Waals surface area (Å²) in [6.45, 7) is 1.71. The molecule has 6 nitrogen and oxygen atoms in total. The first-order chi connectivity index (χ1) is 14.1. The molecule has 1 amide bonds. The quantitative estimate of drug-likeness (QED) is 0.436. The number of hydrogen-bond donors (Lipinski definition) is 0. The van der Waals surface area contributed by atoms with E-state index in [1.807, 2.05) is 17.0 Å². The average molecular weight is 430 g/mol. The molecule has 0 radical (unpaired) electrons. The summed E-state index contributed by atoms with van der Waals surface area (Å²) < 4.78 is 7.26. The third kappa shape index (κ3) is 4.74. The normalized spacial score (nSPS) is 13.8. The van der Waals surface area contributed by atoms with Crippen molar-refractivity contribution in [1.82, 2.24) is 14.3 Å². The van der Waals surface area contributed by atoms with Gasteiger partial charge in [0.25, 0.3) is 0 Å². The summed E-state index contributed by atoms with van der Waals surface area (Å²) in [5.74, 6) is -0.00634. The van der Waals surface area contributed by atoms with E-state index in [0.29, 0.717) is 22.0 Å². The van der Waals surface area contributed by atoms with Gasteiger partial charge >= 0.3 is 5.97 Å². The monoisotopic (exact) mass is 429 g/mol. The second kappa shape index (κ2) is 8.88. The Morgan fingerprint density at radius 1 is 1.10 bits per heavy atom. The van der Waals surface area contributed by atoms with E-state index in [1.54, 1.807) is 41.1 Å². The van der Waals surface area contributed by atoms with Crippen LogP contribution in [0.25, 0.3) is 5.65 Å². The van der Waals surface area contributed by atoms with Crippen molar-refractivity contribution in [1.29, 1.82) is 0 Å². The summed E-state index contributed by atoms with van der Waals surface area (Å²) in [6, 6.07) is 10.8. The minimum atomic E-state index is -0.434. The fourth-order valence-corrected chi connectivity index (χ4v) is 4.37. The molecule has 8 heteroatoms. The number of thioether (sulfide) groups is 1. The predicted molar refractivity (Wildman–Crippen MR) is 112 cm³/mol. The summed E-state index contributed by atoms with van der Waals surface area (Å²) in [7, 11) is 0.